The lowest BCUT2D eigenvalue weighted by atomic mass is 9.91. The monoisotopic (exact) mass is 436 g/mol. The number of anilines is 1. The van der Waals surface area contributed by atoms with Crippen LogP contribution in [0.1, 0.15) is 39.3 Å². The number of nitrogens with one attached hydrogen (secondary N) is 1. The van der Waals surface area contributed by atoms with E-state index >= 15 is 0 Å². The molecule has 2 amide bonds. The van der Waals surface area contributed by atoms with Gasteiger partial charge in [-0.15, -0.1) is 11.3 Å². The molecule has 31 heavy (non-hydrogen) atoms. The zero-order chi connectivity index (χ0) is 22.0. The predicted octanol–water partition coefficient (Wildman–Crippen LogP) is 5.15. The van der Waals surface area contributed by atoms with Gasteiger partial charge in [-0.1, -0.05) is 18.2 Å². The van der Waals surface area contributed by atoms with E-state index in [0.29, 0.717) is 35.7 Å². The maximum Gasteiger partial charge on any atom is 0.322 e. The molecule has 1 aliphatic heterocycles. The van der Waals surface area contributed by atoms with Crippen molar-refractivity contribution in [2.45, 2.75) is 19.4 Å². The van der Waals surface area contributed by atoms with Crippen LogP contribution in [0.2, 0.25) is 0 Å². The van der Waals surface area contributed by atoms with Crippen molar-refractivity contribution >= 4 is 28.8 Å². The highest BCUT2D eigenvalue weighted by atomic mass is 32.1. The number of thiophene rings is 1. The van der Waals surface area contributed by atoms with E-state index in [1.807, 2.05) is 34.5 Å². The van der Waals surface area contributed by atoms with E-state index in [9.17, 15) is 9.59 Å². The van der Waals surface area contributed by atoms with E-state index in [1.54, 1.807) is 49.8 Å². The van der Waals surface area contributed by atoms with Gasteiger partial charge in [-0.05, 0) is 60.2 Å². The number of ether oxygens (including phenoxy) is 2. The van der Waals surface area contributed by atoms with Gasteiger partial charge in [0.05, 0.1) is 20.3 Å². The Labute approximate surface area is 185 Å². The molecule has 0 aliphatic carbocycles. The summed E-state index contributed by atoms with van der Waals surface area (Å²) in [5, 5.41) is 4.97. The summed E-state index contributed by atoms with van der Waals surface area (Å²) in [7, 11) is 3.23. The molecule has 4 rings (SSSR count). The summed E-state index contributed by atoms with van der Waals surface area (Å²) in [4.78, 5) is 27.9. The zero-order valence-corrected chi connectivity index (χ0v) is 18.5. The van der Waals surface area contributed by atoms with Crippen LogP contribution in [0.15, 0.2) is 53.9 Å². The summed E-state index contributed by atoms with van der Waals surface area (Å²) < 4.78 is 11.0. The fraction of sp³-hybridized carbons (Fsp3) is 0.250. The minimum atomic E-state index is -0.237. The minimum Gasteiger partial charge on any atom is -0.493 e. The summed E-state index contributed by atoms with van der Waals surface area (Å²) in [5.41, 5.74) is 3.33. The first kappa shape index (κ1) is 20.9. The van der Waals surface area contributed by atoms with Crippen molar-refractivity contribution in [1.29, 1.82) is 0 Å². The van der Waals surface area contributed by atoms with Crippen molar-refractivity contribution < 1.29 is 19.1 Å². The van der Waals surface area contributed by atoms with Gasteiger partial charge in [-0.25, -0.2) is 4.79 Å². The maximum absolute atomic E-state index is 13.3. The van der Waals surface area contributed by atoms with Gasteiger partial charge in [0.15, 0.2) is 17.3 Å². The van der Waals surface area contributed by atoms with Crippen LogP contribution in [0.5, 0.6) is 11.5 Å². The third-order valence-corrected chi connectivity index (χ3v) is 6.39. The number of ketones is 1. The molecule has 7 heteroatoms. The van der Waals surface area contributed by atoms with E-state index < -0.39 is 0 Å². The average molecular weight is 437 g/mol. The first-order valence-electron chi connectivity index (χ1n) is 9.98. The van der Waals surface area contributed by atoms with E-state index in [-0.39, 0.29) is 17.9 Å². The molecule has 0 spiro atoms. The van der Waals surface area contributed by atoms with Gasteiger partial charge in [0.2, 0.25) is 0 Å². The molecule has 0 saturated heterocycles. The van der Waals surface area contributed by atoms with E-state index in [0.717, 1.165) is 16.0 Å². The Morgan fingerprint density at radius 2 is 1.84 bits per heavy atom. The number of hydrogen-bond donors (Lipinski definition) is 1. The number of carbonyl (C=O) groups excluding carboxylic acids is 2. The largest absolute Gasteiger partial charge is 0.493 e. The molecule has 1 unspecified atom stereocenters. The number of Topliss-reactive ketones (excluding diaryl/α,β-unsaturated/α-hetero) is 1. The lowest BCUT2D eigenvalue weighted by molar-refractivity contribution is 0.101. The van der Waals surface area contributed by atoms with Gasteiger partial charge in [0, 0.05) is 22.7 Å². The molecule has 1 aromatic heterocycles. The van der Waals surface area contributed by atoms with Crippen molar-refractivity contribution in [3.05, 3.63) is 75.5 Å². The van der Waals surface area contributed by atoms with Crippen LogP contribution < -0.4 is 14.8 Å². The topological polar surface area (TPSA) is 67.9 Å². The highest BCUT2D eigenvalue weighted by Crippen LogP contribution is 2.42. The standard InChI is InChI=1S/C24H24N2O4S/c1-15(27)16-6-4-7-18(12-16)25-24(28)26-10-9-17-13-20(29-2)21(30-3)14-19(17)23(26)22-8-5-11-31-22/h4-8,11-14,23H,9-10H2,1-3H3,(H,25,28). The van der Waals surface area contributed by atoms with Gasteiger partial charge in [0.25, 0.3) is 0 Å². The summed E-state index contributed by atoms with van der Waals surface area (Å²) in [6, 6.07) is 14.5. The quantitative estimate of drug-likeness (QED) is 0.562. The van der Waals surface area contributed by atoms with Crippen molar-refractivity contribution in [2.24, 2.45) is 0 Å². The molecule has 160 valence electrons. The second kappa shape index (κ2) is 8.81. The molecule has 0 fully saturated rings. The second-order valence-electron chi connectivity index (χ2n) is 7.33. The Balaban J connectivity index is 1.70. The minimum absolute atomic E-state index is 0.0412. The number of urea groups is 1. The molecule has 1 N–H and O–H groups in total. The summed E-state index contributed by atoms with van der Waals surface area (Å²) in [6.07, 6.45) is 0.707. The number of rotatable bonds is 5. The molecule has 2 aromatic carbocycles. The average Bonchev–Trinajstić information content (AvgIpc) is 3.31. The van der Waals surface area contributed by atoms with Crippen molar-refractivity contribution in [1.82, 2.24) is 4.90 Å². The highest BCUT2D eigenvalue weighted by Gasteiger charge is 2.34. The highest BCUT2D eigenvalue weighted by molar-refractivity contribution is 7.10. The van der Waals surface area contributed by atoms with Gasteiger partial charge < -0.3 is 19.7 Å². The fourth-order valence-electron chi connectivity index (χ4n) is 3.93. The number of carbonyl (C=O) groups is 2. The summed E-state index contributed by atoms with van der Waals surface area (Å²) in [5.74, 6) is 1.28. The van der Waals surface area contributed by atoms with E-state index in [1.165, 1.54) is 6.92 Å². The Morgan fingerprint density at radius 3 is 2.52 bits per heavy atom. The Hall–Kier alpha value is -3.32. The zero-order valence-electron chi connectivity index (χ0n) is 17.7. The van der Waals surface area contributed by atoms with Crippen LogP contribution in [-0.4, -0.2) is 37.5 Å². The van der Waals surface area contributed by atoms with Crippen LogP contribution in [0.25, 0.3) is 0 Å². The predicted molar refractivity (Wildman–Crippen MR) is 122 cm³/mol. The number of amides is 2. The van der Waals surface area contributed by atoms with Crippen LogP contribution in [0.3, 0.4) is 0 Å². The second-order valence-corrected chi connectivity index (χ2v) is 8.31. The summed E-state index contributed by atoms with van der Waals surface area (Å²) >= 11 is 1.61. The number of nitrogens with zero attached hydrogens (tertiary/aromatic N) is 1. The SMILES string of the molecule is COc1cc2c(cc1OC)C(c1cccs1)N(C(=O)Nc1cccc(C(C)=O)c1)CC2. The first-order chi connectivity index (χ1) is 15.0. The normalized spacial score (nSPS) is 15.2. The van der Waals surface area contributed by atoms with Gasteiger partial charge in [0.1, 0.15) is 0 Å². The molecular formula is C24H24N2O4S. The Bertz CT molecular complexity index is 1110. The Kier molecular flexibility index (Phi) is 5.95. The molecule has 3 aromatic rings. The molecule has 0 radical (unpaired) electrons. The van der Waals surface area contributed by atoms with E-state index in [2.05, 4.69) is 5.32 Å². The first-order valence-corrected chi connectivity index (χ1v) is 10.9. The van der Waals surface area contributed by atoms with Crippen LogP contribution in [0.4, 0.5) is 10.5 Å². The molecule has 0 saturated carbocycles. The Morgan fingerprint density at radius 1 is 1.06 bits per heavy atom. The molecule has 6 nitrogen and oxygen atoms in total. The third kappa shape index (κ3) is 4.14. The van der Waals surface area contributed by atoms with Gasteiger partial charge >= 0.3 is 6.03 Å². The lowest BCUT2D eigenvalue weighted by Gasteiger charge is -2.37. The van der Waals surface area contributed by atoms with Crippen LogP contribution >= 0.6 is 11.3 Å². The fourth-order valence-corrected chi connectivity index (χ4v) is 4.78. The molecule has 1 aliphatic rings. The van der Waals surface area contributed by atoms with Crippen LogP contribution in [-0.2, 0) is 6.42 Å². The number of fused-ring (bicyclic) bond motifs is 1. The van der Waals surface area contributed by atoms with Crippen molar-refractivity contribution in [2.75, 3.05) is 26.1 Å². The third-order valence-electron chi connectivity index (χ3n) is 5.47. The van der Waals surface area contributed by atoms with Crippen molar-refractivity contribution in [3.8, 4) is 11.5 Å². The summed E-state index contributed by atoms with van der Waals surface area (Å²) in [6.45, 7) is 2.07. The molecule has 1 atom stereocenters. The van der Waals surface area contributed by atoms with Gasteiger partial charge in [-0.3, -0.25) is 4.79 Å². The molecule has 2 heterocycles. The maximum atomic E-state index is 13.3. The number of benzene rings is 2. The van der Waals surface area contributed by atoms with Crippen molar-refractivity contribution in [3.63, 3.8) is 0 Å². The lowest BCUT2D eigenvalue weighted by Crippen LogP contribution is -2.42. The van der Waals surface area contributed by atoms with E-state index in [4.69, 9.17) is 9.47 Å². The molecule has 0 bridgehead atoms. The van der Waals surface area contributed by atoms with Gasteiger partial charge in [-0.2, -0.15) is 0 Å². The van der Waals surface area contributed by atoms with Crippen LogP contribution in [0, 0.1) is 0 Å². The molecular weight excluding hydrogens is 412 g/mol. The number of methoxy groups -OCH3 is 2. The smallest absolute Gasteiger partial charge is 0.322 e. The number of hydrogen-bond acceptors (Lipinski definition) is 5.